The molecule has 0 aromatic rings. The highest BCUT2D eigenvalue weighted by Crippen LogP contribution is 2.09. The Morgan fingerprint density at radius 1 is 0.722 bits per heavy atom. The molecule has 1 N–H and O–H groups in total. The molecule has 0 rings (SSSR count). The second kappa shape index (κ2) is 17.2. The number of aliphatic hydroxyl groups is 1. The van der Waals surface area contributed by atoms with Gasteiger partial charge < -0.3 is 10.0 Å². The van der Waals surface area contributed by atoms with Crippen LogP contribution in [0, 0.1) is 0 Å². The van der Waals surface area contributed by atoms with Crippen LogP contribution in [0.4, 0.5) is 0 Å². The molecule has 0 spiro atoms. The van der Waals surface area contributed by atoms with Crippen LogP contribution in [0.5, 0.6) is 0 Å². The third kappa shape index (κ3) is 16.2. The fourth-order valence-electron chi connectivity index (χ4n) is 2.14. The van der Waals surface area contributed by atoms with Gasteiger partial charge in [-0.1, -0.05) is 58.3 Å². The van der Waals surface area contributed by atoms with Crippen LogP contribution in [-0.4, -0.2) is 36.8 Å². The van der Waals surface area contributed by atoms with Crippen molar-refractivity contribution in [3.05, 3.63) is 0 Å². The van der Waals surface area contributed by atoms with E-state index in [0.29, 0.717) is 6.61 Å². The molecule has 0 saturated carbocycles. The highest BCUT2D eigenvalue weighted by atomic mass is 35.5. The summed E-state index contributed by atoms with van der Waals surface area (Å²) >= 11 is 0. The molecule has 112 valence electrons. The lowest BCUT2D eigenvalue weighted by Crippen LogP contribution is -2.21. The SMILES string of the molecule is CCCCCCCCCCCN(C)CCCO.Cl. The van der Waals surface area contributed by atoms with Crippen LogP contribution < -0.4 is 0 Å². The van der Waals surface area contributed by atoms with Gasteiger partial charge in [-0.15, -0.1) is 12.4 Å². The summed E-state index contributed by atoms with van der Waals surface area (Å²) < 4.78 is 0. The van der Waals surface area contributed by atoms with Gasteiger partial charge in [0, 0.05) is 13.2 Å². The van der Waals surface area contributed by atoms with Crippen molar-refractivity contribution in [2.24, 2.45) is 0 Å². The van der Waals surface area contributed by atoms with Gasteiger partial charge in [-0.3, -0.25) is 0 Å². The van der Waals surface area contributed by atoms with Crippen LogP contribution in [-0.2, 0) is 0 Å². The highest BCUT2D eigenvalue weighted by molar-refractivity contribution is 5.85. The molecule has 0 radical (unpaired) electrons. The standard InChI is InChI=1S/C15H33NO.ClH/c1-3-4-5-6-7-8-9-10-11-13-16(2)14-12-15-17;/h17H,3-15H2,1-2H3;1H. The second-order valence-corrected chi connectivity index (χ2v) is 5.21. The summed E-state index contributed by atoms with van der Waals surface area (Å²) in [6, 6.07) is 0. The van der Waals surface area contributed by atoms with Gasteiger partial charge in [-0.25, -0.2) is 0 Å². The molecule has 0 bridgehead atoms. The van der Waals surface area contributed by atoms with E-state index in [1.807, 2.05) is 0 Å². The van der Waals surface area contributed by atoms with Crippen molar-refractivity contribution >= 4 is 12.4 Å². The van der Waals surface area contributed by atoms with Gasteiger partial charge in [0.25, 0.3) is 0 Å². The van der Waals surface area contributed by atoms with Gasteiger partial charge in [0.1, 0.15) is 0 Å². The first-order valence-corrected chi connectivity index (χ1v) is 7.60. The molecule has 0 aliphatic carbocycles. The molecule has 0 fully saturated rings. The van der Waals surface area contributed by atoms with Gasteiger partial charge in [0.2, 0.25) is 0 Å². The van der Waals surface area contributed by atoms with Crippen LogP contribution in [0.3, 0.4) is 0 Å². The third-order valence-corrected chi connectivity index (χ3v) is 3.34. The quantitative estimate of drug-likeness (QED) is 0.510. The van der Waals surface area contributed by atoms with Gasteiger partial charge in [0.05, 0.1) is 0 Å². The maximum Gasteiger partial charge on any atom is 0.0443 e. The predicted octanol–water partition coefficient (Wildman–Crippen LogP) is 4.25. The molecular weight excluding hydrogens is 246 g/mol. The van der Waals surface area contributed by atoms with E-state index in [4.69, 9.17) is 5.11 Å². The number of hydrogen-bond acceptors (Lipinski definition) is 2. The van der Waals surface area contributed by atoms with Crippen molar-refractivity contribution in [3.8, 4) is 0 Å². The lowest BCUT2D eigenvalue weighted by atomic mass is 10.1. The average Bonchev–Trinajstić information content (AvgIpc) is 2.34. The molecule has 0 atom stereocenters. The number of rotatable bonds is 13. The summed E-state index contributed by atoms with van der Waals surface area (Å²) in [6.45, 7) is 4.82. The van der Waals surface area contributed by atoms with Crippen molar-refractivity contribution in [2.45, 2.75) is 71.1 Å². The van der Waals surface area contributed by atoms with E-state index in [-0.39, 0.29) is 12.4 Å². The van der Waals surface area contributed by atoms with E-state index < -0.39 is 0 Å². The Morgan fingerprint density at radius 2 is 1.17 bits per heavy atom. The van der Waals surface area contributed by atoms with Crippen LogP contribution in [0.15, 0.2) is 0 Å². The summed E-state index contributed by atoms with van der Waals surface area (Å²) in [5, 5.41) is 8.72. The van der Waals surface area contributed by atoms with E-state index in [0.717, 1.165) is 13.0 Å². The topological polar surface area (TPSA) is 23.5 Å². The summed E-state index contributed by atoms with van der Waals surface area (Å²) in [5.41, 5.74) is 0. The molecule has 0 aromatic heterocycles. The van der Waals surface area contributed by atoms with Gasteiger partial charge >= 0.3 is 0 Å². The first-order chi connectivity index (χ1) is 8.31. The minimum absolute atomic E-state index is 0. The van der Waals surface area contributed by atoms with Crippen molar-refractivity contribution in [1.29, 1.82) is 0 Å². The minimum atomic E-state index is 0. The molecule has 0 aliphatic heterocycles. The van der Waals surface area contributed by atoms with E-state index in [9.17, 15) is 0 Å². The first-order valence-electron chi connectivity index (χ1n) is 7.60. The molecule has 0 aromatic carbocycles. The Hall–Kier alpha value is 0.210. The first kappa shape index (κ1) is 20.5. The maximum absolute atomic E-state index is 8.72. The molecule has 0 aliphatic rings. The monoisotopic (exact) mass is 279 g/mol. The molecule has 0 amide bonds. The van der Waals surface area contributed by atoms with Crippen molar-refractivity contribution < 1.29 is 5.11 Å². The zero-order valence-electron chi connectivity index (χ0n) is 12.5. The minimum Gasteiger partial charge on any atom is -0.396 e. The van der Waals surface area contributed by atoms with E-state index in [1.54, 1.807) is 0 Å². The van der Waals surface area contributed by atoms with Gasteiger partial charge in [-0.05, 0) is 26.4 Å². The van der Waals surface area contributed by atoms with Crippen LogP contribution >= 0.6 is 12.4 Å². The number of hydrogen-bond donors (Lipinski definition) is 1. The zero-order valence-corrected chi connectivity index (χ0v) is 13.3. The largest absolute Gasteiger partial charge is 0.396 e. The van der Waals surface area contributed by atoms with Gasteiger partial charge in [-0.2, -0.15) is 0 Å². The van der Waals surface area contributed by atoms with Crippen molar-refractivity contribution in [1.82, 2.24) is 4.90 Å². The molecular formula is C15H34ClNO. The summed E-state index contributed by atoms with van der Waals surface area (Å²) in [7, 11) is 2.15. The maximum atomic E-state index is 8.72. The Bertz CT molecular complexity index is 144. The fraction of sp³-hybridized carbons (Fsp3) is 1.00. The van der Waals surface area contributed by atoms with Crippen LogP contribution in [0.1, 0.15) is 71.1 Å². The number of aliphatic hydroxyl groups excluding tert-OH is 1. The summed E-state index contributed by atoms with van der Waals surface area (Å²) in [4.78, 5) is 2.33. The molecule has 2 nitrogen and oxygen atoms in total. The van der Waals surface area contributed by atoms with Crippen molar-refractivity contribution in [2.75, 3.05) is 26.7 Å². The Labute approximate surface area is 121 Å². The van der Waals surface area contributed by atoms with Crippen molar-refractivity contribution in [3.63, 3.8) is 0 Å². The Balaban J connectivity index is 0. The van der Waals surface area contributed by atoms with E-state index >= 15 is 0 Å². The number of halogens is 1. The average molecular weight is 280 g/mol. The smallest absolute Gasteiger partial charge is 0.0443 e. The summed E-state index contributed by atoms with van der Waals surface area (Å²) in [6.07, 6.45) is 13.5. The second-order valence-electron chi connectivity index (χ2n) is 5.21. The molecule has 0 unspecified atom stereocenters. The highest BCUT2D eigenvalue weighted by Gasteiger charge is 1.97. The number of unbranched alkanes of at least 4 members (excludes halogenated alkanes) is 8. The normalized spacial score (nSPS) is 10.7. The molecule has 3 heteroatoms. The Morgan fingerprint density at radius 3 is 1.67 bits per heavy atom. The lowest BCUT2D eigenvalue weighted by molar-refractivity contribution is 0.245. The summed E-state index contributed by atoms with van der Waals surface area (Å²) in [5.74, 6) is 0. The zero-order chi connectivity index (χ0) is 12.8. The molecule has 18 heavy (non-hydrogen) atoms. The Kier molecular flexibility index (Phi) is 19.6. The van der Waals surface area contributed by atoms with E-state index in [2.05, 4.69) is 18.9 Å². The van der Waals surface area contributed by atoms with Gasteiger partial charge in [0.15, 0.2) is 0 Å². The predicted molar refractivity (Wildman–Crippen MR) is 83.7 cm³/mol. The third-order valence-electron chi connectivity index (χ3n) is 3.34. The van der Waals surface area contributed by atoms with Crippen LogP contribution in [0.25, 0.3) is 0 Å². The molecule has 0 heterocycles. The lowest BCUT2D eigenvalue weighted by Gasteiger charge is -2.15. The van der Waals surface area contributed by atoms with E-state index in [1.165, 1.54) is 64.3 Å². The van der Waals surface area contributed by atoms with Crippen LogP contribution in [0.2, 0.25) is 0 Å². The number of nitrogens with zero attached hydrogens (tertiary/aromatic N) is 1. The fourth-order valence-corrected chi connectivity index (χ4v) is 2.14. The molecule has 0 saturated heterocycles.